The fourth-order valence-electron chi connectivity index (χ4n) is 4.76. The smallest absolute Gasteiger partial charge is 0.288 e. The molecule has 4 aromatic carbocycles. The predicted octanol–water partition coefficient (Wildman–Crippen LogP) is 4.80. The van der Waals surface area contributed by atoms with Gasteiger partial charge in [-0.1, -0.05) is 37.2 Å². The van der Waals surface area contributed by atoms with E-state index in [-0.39, 0.29) is 51.2 Å². The molecule has 0 radical (unpaired) electrons. The summed E-state index contributed by atoms with van der Waals surface area (Å²) in [5.74, 6) is 1.60. The summed E-state index contributed by atoms with van der Waals surface area (Å²) in [7, 11) is 1.56. The Morgan fingerprint density at radius 3 is 1.67 bits per heavy atom. The molecule has 0 spiro atoms. The minimum Gasteiger partial charge on any atom is -0.504 e. The highest BCUT2D eigenvalue weighted by Gasteiger charge is 2.34. The molecule has 288 valence electrons. The van der Waals surface area contributed by atoms with E-state index in [9.17, 15) is 27.0 Å². The summed E-state index contributed by atoms with van der Waals surface area (Å²) in [6, 6.07) is 19.5. The molecular formula is C35H39ClN6O10S2. The Morgan fingerprint density at radius 1 is 0.704 bits per heavy atom. The first kappa shape index (κ1) is 42.6. The Kier molecular flexibility index (Phi) is 14.4. The summed E-state index contributed by atoms with van der Waals surface area (Å²) in [6.45, 7) is 0. The van der Waals surface area contributed by atoms with Crippen molar-refractivity contribution in [3.05, 3.63) is 95.1 Å². The number of ether oxygens (including phenoxy) is 4. The number of amidine groups is 1. The molecule has 0 bridgehead atoms. The molecule has 0 atom stereocenters. The third kappa shape index (κ3) is 9.57. The monoisotopic (exact) mass is 802 g/mol. The van der Waals surface area contributed by atoms with Crippen molar-refractivity contribution in [1.82, 2.24) is 10.4 Å². The Balaban J connectivity index is 0.000000237. The molecule has 3 N–H and O–H groups in total. The zero-order valence-electron chi connectivity index (χ0n) is 29.2. The number of hydrogen-bond donors (Lipinski definition) is 3. The Hall–Kier alpha value is -5.85. The van der Waals surface area contributed by atoms with E-state index in [0.717, 1.165) is 5.56 Å². The number of phenols is 2. The van der Waals surface area contributed by atoms with Gasteiger partial charge in [0.15, 0.2) is 34.0 Å². The molecule has 6 rings (SSSR count). The molecule has 4 aromatic rings. The summed E-state index contributed by atoms with van der Waals surface area (Å²) in [4.78, 5) is 0.0818. The molecule has 0 aliphatic carbocycles. The molecule has 2 aliphatic rings. The zero-order valence-corrected chi connectivity index (χ0v) is 31.6. The molecule has 0 unspecified atom stereocenters. The molecule has 54 heavy (non-hydrogen) atoms. The standard InChI is InChI=1S/C17H17N3O5S.C9H12N2O2.C8H6ClNO3S.CH4/c1-20(18-10-11-7-8-13(21)15(9-11)25-3)17-12-5-4-6-14(24-2)16(12)26(22,23)19-17;1-10-11-6-7-3-4-8(12)9(5-7)13-2;1-13-6-4-2-3-5-7(6)14(11,12)10-8(5)9;/h4-10,21H,1-3H3;3-6,10,12H,1-2H3;2-4H,1H3;1H4/b18-10+;11-6+;;. The van der Waals surface area contributed by atoms with Crippen LogP contribution in [0.5, 0.6) is 34.5 Å². The molecule has 2 aliphatic heterocycles. The number of hydrazone groups is 2. The molecule has 0 amide bonds. The summed E-state index contributed by atoms with van der Waals surface area (Å²) in [5.41, 5.74) is 4.98. The van der Waals surface area contributed by atoms with Gasteiger partial charge >= 0.3 is 0 Å². The van der Waals surface area contributed by atoms with Crippen molar-refractivity contribution in [3.63, 3.8) is 0 Å². The van der Waals surface area contributed by atoms with Crippen LogP contribution in [0.2, 0.25) is 0 Å². The van der Waals surface area contributed by atoms with Gasteiger partial charge < -0.3 is 34.6 Å². The largest absolute Gasteiger partial charge is 0.504 e. The number of sulfonamides is 2. The van der Waals surface area contributed by atoms with Crippen molar-refractivity contribution in [2.75, 3.05) is 42.5 Å². The average molecular weight is 803 g/mol. The first-order valence-corrected chi connectivity index (χ1v) is 18.4. The van der Waals surface area contributed by atoms with E-state index in [1.807, 2.05) is 0 Å². The third-order valence-corrected chi connectivity index (χ3v) is 10.3. The van der Waals surface area contributed by atoms with Crippen LogP contribution in [0, 0.1) is 0 Å². The molecule has 19 heteroatoms. The van der Waals surface area contributed by atoms with E-state index in [4.69, 9.17) is 30.5 Å². The normalized spacial score (nSPS) is 14.1. The van der Waals surface area contributed by atoms with Gasteiger partial charge in [0.1, 0.15) is 21.3 Å². The van der Waals surface area contributed by atoms with Gasteiger partial charge in [0.2, 0.25) is 0 Å². The number of methoxy groups -OCH3 is 4. The SMILES string of the molecule is C.CN/N=C/c1ccc(O)c(OC)c1.COc1cc(/C=N/N(C)C2=NS(=O)(=O)c3c(OC)cccc32)ccc1O.COc1cccc2c1S(=O)(=O)N=C2Cl. The molecule has 0 aromatic heterocycles. The maximum Gasteiger partial charge on any atom is 0.288 e. The Labute approximate surface area is 318 Å². The number of nitrogens with zero attached hydrogens (tertiary/aromatic N) is 5. The Morgan fingerprint density at radius 2 is 1.17 bits per heavy atom. The first-order valence-electron chi connectivity index (χ1n) is 15.1. The molecule has 0 saturated heterocycles. The second kappa shape index (κ2) is 18.3. The first-order chi connectivity index (χ1) is 25.2. The second-order valence-electron chi connectivity index (χ2n) is 10.5. The van der Waals surface area contributed by atoms with Crippen LogP contribution in [-0.2, 0) is 20.0 Å². The van der Waals surface area contributed by atoms with Crippen molar-refractivity contribution in [2.45, 2.75) is 17.2 Å². The third-order valence-electron chi connectivity index (χ3n) is 7.22. The van der Waals surface area contributed by atoms with Crippen LogP contribution in [0.25, 0.3) is 0 Å². The van der Waals surface area contributed by atoms with E-state index in [1.54, 1.807) is 87.0 Å². The minimum atomic E-state index is -3.85. The van der Waals surface area contributed by atoms with Crippen molar-refractivity contribution >= 4 is 55.1 Å². The van der Waals surface area contributed by atoms with Gasteiger partial charge in [0.05, 0.1) is 40.9 Å². The lowest BCUT2D eigenvalue weighted by molar-refractivity contribution is 0.373. The maximum atomic E-state index is 12.4. The summed E-state index contributed by atoms with van der Waals surface area (Å²) in [5, 5.41) is 28.3. The van der Waals surface area contributed by atoms with Crippen LogP contribution in [0.4, 0.5) is 0 Å². The fraction of sp³-hybridized carbons (Fsp3) is 0.200. The van der Waals surface area contributed by atoms with Crippen molar-refractivity contribution in [2.24, 2.45) is 19.0 Å². The molecular weight excluding hydrogens is 764 g/mol. The van der Waals surface area contributed by atoms with Crippen molar-refractivity contribution in [1.29, 1.82) is 0 Å². The number of phenolic OH excluding ortho intramolecular Hbond substituents is 2. The second-order valence-corrected chi connectivity index (χ2v) is 14.0. The lowest BCUT2D eigenvalue weighted by Gasteiger charge is -2.13. The van der Waals surface area contributed by atoms with Crippen LogP contribution in [-0.4, -0.2) is 98.0 Å². The number of fused-ring (bicyclic) bond motifs is 2. The number of rotatable bonds is 8. The molecule has 2 heterocycles. The highest BCUT2D eigenvalue weighted by atomic mass is 35.5. The number of aromatic hydroxyl groups is 2. The highest BCUT2D eigenvalue weighted by molar-refractivity contribution is 7.91. The quantitative estimate of drug-likeness (QED) is 0.162. The number of halogens is 1. The molecule has 0 saturated carbocycles. The van der Waals surface area contributed by atoms with Gasteiger partial charge in [-0.15, -0.1) is 8.80 Å². The lowest BCUT2D eigenvalue weighted by Crippen LogP contribution is -2.21. The van der Waals surface area contributed by atoms with Gasteiger partial charge in [-0.3, -0.25) is 0 Å². The average Bonchev–Trinajstić information content (AvgIpc) is 3.58. The van der Waals surface area contributed by atoms with Gasteiger partial charge in [-0.2, -0.15) is 27.0 Å². The van der Waals surface area contributed by atoms with E-state index in [0.29, 0.717) is 28.2 Å². The minimum absolute atomic E-state index is 0. The van der Waals surface area contributed by atoms with E-state index < -0.39 is 20.0 Å². The Bertz CT molecular complexity index is 2330. The number of nitrogens with one attached hydrogen (secondary N) is 1. The molecule has 16 nitrogen and oxygen atoms in total. The molecule has 0 fully saturated rings. The summed E-state index contributed by atoms with van der Waals surface area (Å²) in [6.07, 6.45) is 3.15. The van der Waals surface area contributed by atoms with Crippen LogP contribution in [0.1, 0.15) is 29.7 Å². The van der Waals surface area contributed by atoms with Gasteiger partial charge in [-0.25, -0.2) is 5.01 Å². The van der Waals surface area contributed by atoms with Gasteiger partial charge in [0, 0.05) is 25.2 Å². The fourth-order valence-corrected chi connectivity index (χ4v) is 7.88. The summed E-state index contributed by atoms with van der Waals surface area (Å²) >= 11 is 5.67. The topological polar surface area (TPSA) is 210 Å². The van der Waals surface area contributed by atoms with E-state index in [2.05, 4.69) is 24.4 Å². The van der Waals surface area contributed by atoms with Crippen LogP contribution >= 0.6 is 11.6 Å². The maximum absolute atomic E-state index is 12.4. The number of hydrogen-bond acceptors (Lipinski definition) is 14. The van der Waals surface area contributed by atoms with E-state index in [1.165, 1.54) is 45.7 Å². The highest BCUT2D eigenvalue weighted by Crippen LogP contribution is 2.36. The van der Waals surface area contributed by atoms with Crippen LogP contribution in [0.3, 0.4) is 0 Å². The zero-order chi connectivity index (χ0) is 38.9. The van der Waals surface area contributed by atoms with Gasteiger partial charge in [0.25, 0.3) is 20.0 Å². The lowest BCUT2D eigenvalue weighted by atomic mass is 10.2. The van der Waals surface area contributed by atoms with Crippen molar-refractivity contribution < 1.29 is 46.0 Å². The predicted molar refractivity (Wildman–Crippen MR) is 207 cm³/mol. The van der Waals surface area contributed by atoms with Crippen molar-refractivity contribution in [3.8, 4) is 34.5 Å². The van der Waals surface area contributed by atoms with E-state index >= 15 is 0 Å². The number of benzene rings is 4. The van der Waals surface area contributed by atoms with Crippen LogP contribution in [0.15, 0.2) is 102 Å². The van der Waals surface area contributed by atoms with Crippen LogP contribution < -0.4 is 24.4 Å². The van der Waals surface area contributed by atoms with Gasteiger partial charge in [-0.05, 0) is 65.7 Å². The summed E-state index contributed by atoms with van der Waals surface area (Å²) < 4.78 is 74.9.